The number of aromatic amines is 1. The third-order valence-corrected chi connectivity index (χ3v) is 3.90. The highest BCUT2D eigenvalue weighted by Crippen LogP contribution is 2.27. The van der Waals surface area contributed by atoms with Crippen molar-refractivity contribution in [2.75, 3.05) is 7.11 Å². The second-order valence-electron chi connectivity index (χ2n) is 5.59. The van der Waals surface area contributed by atoms with E-state index in [1.54, 1.807) is 25.3 Å². The molecule has 0 amide bonds. The first-order valence-corrected chi connectivity index (χ1v) is 7.42. The number of imidazole rings is 1. The van der Waals surface area contributed by atoms with E-state index >= 15 is 0 Å². The minimum atomic E-state index is -0.869. The number of nitriles is 1. The summed E-state index contributed by atoms with van der Waals surface area (Å²) in [6.07, 6.45) is 0.674. The summed E-state index contributed by atoms with van der Waals surface area (Å²) in [7, 11) is 1.64. The monoisotopic (exact) mass is 327 g/mol. The molecule has 3 rings (SSSR count). The quantitative estimate of drug-likeness (QED) is 0.789. The summed E-state index contributed by atoms with van der Waals surface area (Å²) in [5, 5.41) is 8.74. The number of nitrogens with one attached hydrogen (secondary N) is 1. The van der Waals surface area contributed by atoms with E-state index in [1.165, 1.54) is 6.07 Å². The van der Waals surface area contributed by atoms with E-state index in [2.05, 4.69) is 9.97 Å². The van der Waals surface area contributed by atoms with Crippen molar-refractivity contribution < 1.29 is 13.5 Å². The fourth-order valence-corrected chi connectivity index (χ4v) is 2.54. The van der Waals surface area contributed by atoms with Crippen LogP contribution in [0.1, 0.15) is 18.3 Å². The minimum Gasteiger partial charge on any atom is -0.381 e. The molecule has 24 heavy (non-hydrogen) atoms. The number of hydrogen-bond acceptors (Lipinski definition) is 3. The molecule has 0 radical (unpaired) electrons. The van der Waals surface area contributed by atoms with Gasteiger partial charge in [0.2, 0.25) is 0 Å². The number of ether oxygens (including phenoxy) is 1. The SMILES string of the molecule is CO[C@H](C)Cc1nc2ccc(-c3cc(F)c(C#N)c(F)c3)cc2[nH]1. The molecule has 1 atom stereocenters. The number of hydrogen-bond donors (Lipinski definition) is 1. The lowest BCUT2D eigenvalue weighted by atomic mass is 10.0. The topological polar surface area (TPSA) is 61.7 Å². The lowest BCUT2D eigenvalue weighted by Crippen LogP contribution is -2.09. The van der Waals surface area contributed by atoms with Crippen LogP contribution in [0.25, 0.3) is 22.2 Å². The van der Waals surface area contributed by atoms with Crippen LogP contribution in [-0.2, 0) is 11.2 Å². The average molecular weight is 327 g/mol. The van der Waals surface area contributed by atoms with Crippen LogP contribution in [-0.4, -0.2) is 23.2 Å². The molecular formula is C18H15F2N3O. The van der Waals surface area contributed by atoms with Gasteiger partial charge in [0.05, 0.1) is 17.1 Å². The number of fused-ring (bicyclic) bond motifs is 1. The van der Waals surface area contributed by atoms with Gasteiger partial charge in [0.25, 0.3) is 0 Å². The number of aromatic nitrogens is 2. The fraction of sp³-hybridized carbons (Fsp3) is 0.222. The van der Waals surface area contributed by atoms with Gasteiger partial charge in [-0.15, -0.1) is 0 Å². The Morgan fingerprint density at radius 2 is 1.92 bits per heavy atom. The minimum absolute atomic E-state index is 0.0340. The summed E-state index contributed by atoms with van der Waals surface area (Å²) < 4.78 is 32.8. The lowest BCUT2D eigenvalue weighted by molar-refractivity contribution is 0.117. The highest BCUT2D eigenvalue weighted by Gasteiger charge is 2.13. The Hall–Kier alpha value is -2.78. The van der Waals surface area contributed by atoms with Crippen molar-refractivity contribution in [3.05, 3.63) is 53.4 Å². The van der Waals surface area contributed by atoms with Crippen LogP contribution in [0.2, 0.25) is 0 Å². The maximum Gasteiger partial charge on any atom is 0.144 e. The number of benzene rings is 2. The Morgan fingerprint density at radius 3 is 2.54 bits per heavy atom. The molecule has 1 heterocycles. The van der Waals surface area contributed by atoms with Gasteiger partial charge in [-0.2, -0.15) is 5.26 Å². The van der Waals surface area contributed by atoms with Crippen LogP contribution in [0, 0.1) is 23.0 Å². The number of halogens is 2. The summed E-state index contributed by atoms with van der Waals surface area (Å²) in [4.78, 5) is 7.66. The second-order valence-corrected chi connectivity index (χ2v) is 5.59. The van der Waals surface area contributed by atoms with Crippen LogP contribution in [0.5, 0.6) is 0 Å². The molecule has 0 aliphatic rings. The summed E-state index contributed by atoms with van der Waals surface area (Å²) >= 11 is 0. The van der Waals surface area contributed by atoms with Gasteiger partial charge in [-0.1, -0.05) is 6.07 Å². The van der Waals surface area contributed by atoms with Crippen molar-refractivity contribution in [2.45, 2.75) is 19.4 Å². The van der Waals surface area contributed by atoms with E-state index in [-0.39, 0.29) is 6.10 Å². The largest absolute Gasteiger partial charge is 0.381 e. The van der Waals surface area contributed by atoms with E-state index in [0.29, 0.717) is 17.5 Å². The Labute approximate surface area is 137 Å². The van der Waals surface area contributed by atoms with E-state index in [9.17, 15) is 8.78 Å². The molecule has 0 unspecified atom stereocenters. The van der Waals surface area contributed by atoms with Gasteiger partial charge in [-0.05, 0) is 42.3 Å². The summed E-state index contributed by atoms with van der Waals surface area (Å²) in [6.45, 7) is 1.95. The Morgan fingerprint density at radius 1 is 1.21 bits per heavy atom. The lowest BCUT2D eigenvalue weighted by Gasteiger charge is -2.05. The Kier molecular flexibility index (Phi) is 4.28. The molecular weight excluding hydrogens is 312 g/mol. The third kappa shape index (κ3) is 2.99. The van der Waals surface area contributed by atoms with Gasteiger partial charge in [0.15, 0.2) is 0 Å². The Bertz CT molecular complexity index is 920. The Balaban J connectivity index is 2.01. The third-order valence-electron chi connectivity index (χ3n) is 3.90. The van der Waals surface area contributed by atoms with Gasteiger partial charge >= 0.3 is 0 Å². The van der Waals surface area contributed by atoms with Crippen molar-refractivity contribution in [2.24, 2.45) is 0 Å². The van der Waals surface area contributed by atoms with E-state index in [4.69, 9.17) is 10.00 Å². The normalized spacial score (nSPS) is 12.3. The second kappa shape index (κ2) is 6.38. The predicted octanol–water partition coefficient (Wildman–Crippen LogP) is 3.96. The molecule has 0 fully saturated rings. The van der Waals surface area contributed by atoms with Gasteiger partial charge in [-0.25, -0.2) is 13.8 Å². The van der Waals surface area contributed by atoms with E-state index in [1.807, 2.05) is 6.92 Å². The maximum atomic E-state index is 13.8. The number of nitrogens with zero attached hydrogens (tertiary/aromatic N) is 2. The standard InChI is InChI=1S/C18H15F2N3O/c1-10(24-2)5-18-22-16-4-3-11(8-17(16)23-18)12-6-14(19)13(9-21)15(20)7-12/h3-4,6-8,10H,5H2,1-2H3,(H,22,23)/t10-/m1/s1. The molecule has 1 aromatic heterocycles. The fourth-order valence-electron chi connectivity index (χ4n) is 2.54. The van der Waals surface area contributed by atoms with Crippen molar-refractivity contribution in [3.8, 4) is 17.2 Å². The first-order chi connectivity index (χ1) is 11.5. The molecule has 4 nitrogen and oxygen atoms in total. The van der Waals surface area contributed by atoms with Gasteiger partial charge in [0.1, 0.15) is 29.1 Å². The molecule has 6 heteroatoms. The molecule has 0 bridgehead atoms. The zero-order valence-corrected chi connectivity index (χ0v) is 13.2. The first-order valence-electron chi connectivity index (χ1n) is 7.42. The van der Waals surface area contributed by atoms with Crippen LogP contribution in [0.15, 0.2) is 30.3 Å². The first kappa shape index (κ1) is 16.1. The van der Waals surface area contributed by atoms with Crippen molar-refractivity contribution in [1.82, 2.24) is 9.97 Å². The van der Waals surface area contributed by atoms with Crippen molar-refractivity contribution in [1.29, 1.82) is 5.26 Å². The number of methoxy groups -OCH3 is 1. The van der Waals surface area contributed by atoms with Crippen LogP contribution in [0.4, 0.5) is 8.78 Å². The molecule has 3 aromatic rings. The summed E-state index contributed by atoms with van der Waals surface area (Å²) in [6, 6.07) is 9.15. The zero-order chi connectivity index (χ0) is 17.3. The highest BCUT2D eigenvalue weighted by atomic mass is 19.1. The van der Waals surface area contributed by atoms with Crippen molar-refractivity contribution >= 4 is 11.0 Å². The molecule has 0 saturated carbocycles. The summed E-state index contributed by atoms with van der Waals surface area (Å²) in [5.74, 6) is -0.952. The highest BCUT2D eigenvalue weighted by molar-refractivity contribution is 5.82. The van der Waals surface area contributed by atoms with Crippen LogP contribution >= 0.6 is 0 Å². The molecule has 122 valence electrons. The molecule has 0 aliphatic heterocycles. The number of rotatable bonds is 4. The smallest absolute Gasteiger partial charge is 0.144 e. The van der Waals surface area contributed by atoms with Gasteiger partial charge < -0.3 is 9.72 Å². The van der Waals surface area contributed by atoms with Crippen LogP contribution in [0.3, 0.4) is 0 Å². The van der Waals surface area contributed by atoms with Gasteiger partial charge in [-0.3, -0.25) is 0 Å². The van der Waals surface area contributed by atoms with Gasteiger partial charge in [0, 0.05) is 13.5 Å². The van der Waals surface area contributed by atoms with E-state index in [0.717, 1.165) is 29.0 Å². The predicted molar refractivity (Wildman–Crippen MR) is 86.3 cm³/mol. The van der Waals surface area contributed by atoms with E-state index < -0.39 is 17.2 Å². The van der Waals surface area contributed by atoms with Crippen LogP contribution < -0.4 is 0 Å². The summed E-state index contributed by atoms with van der Waals surface area (Å²) in [5.41, 5.74) is 1.98. The number of H-pyrrole nitrogens is 1. The molecule has 0 saturated heterocycles. The molecule has 0 spiro atoms. The molecule has 1 N–H and O–H groups in total. The molecule has 0 aliphatic carbocycles. The maximum absolute atomic E-state index is 13.8. The molecule has 2 aromatic carbocycles. The zero-order valence-electron chi connectivity index (χ0n) is 13.2. The average Bonchev–Trinajstić information content (AvgIpc) is 2.95. The van der Waals surface area contributed by atoms with Crippen molar-refractivity contribution in [3.63, 3.8) is 0 Å².